The first kappa shape index (κ1) is 30.2. The molecule has 9 nitrogen and oxygen atoms in total. The number of methoxy groups -OCH3 is 1. The molecule has 0 bridgehead atoms. The van der Waals surface area contributed by atoms with Crippen LogP contribution in [0.25, 0.3) is 11.1 Å². The number of nitrogens with zero attached hydrogens (tertiary/aromatic N) is 1. The molecule has 0 saturated carbocycles. The molecular formula is C31H36N2O7. The third kappa shape index (κ3) is 9.13. The molecule has 0 fully saturated rings. The second kappa shape index (κ2) is 14.7. The smallest absolute Gasteiger partial charge is 0.337 e. The molecule has 3 aromatic carbocycles. The Kier molecular flexibility index (Phi) is 11.1. The number of aliphatic carboxylic acids is 1. The van der Waals surface area contributed by atoms with Gasteiger partial charge in [0.25, 0.3) is 0 Å². The highest BCUT2D eigenvalue weighted by molar-refractivity contribution is 5.83. The van der Waals surface area contributed by atoms with E-state index in [1.165, 1.54) is 4.90 Å². The Labute approximate surface area is 234 Å². The predicted octanol–water partition coefficient (Wildman–Crippen LogP) is 4.13. The first-order valence-electron chi connectivity index (χ1n) is 13.1. The molecule has 2 atom stereocenters. The third-order valence-corrected chi connectivity index (χ3v) is 6.17. The van der Waals surface area contributed by atoms with E-state index in [1.807, 2.05) is 80.6 Å². The summed E-state index contributed by atoms with van der Waals surface area (Å²) in [5, 5.41) is 22.8. The quantitative estimate of drug-likeness (QED) is 0.274. The van der Waals surface area contributed by atoms with Crippen molar-refractivity contribution in [2.75, 3.05) is 20.2 Å². The minimum Gasteiger partial charge on any atom is -0.497 e. The van der Waals surface area contributed by atoms with Gasteiger partial charge >= 0.3 is 18.0 Å². The van der Waals surface area contributed by atoms with Gasteiger partial charge in [-0.1, -0.05) is 80.6 Å². The highest BCUT2D eigenvalue weighted by Crippen LogP contribution is 2.23. The molecule has 40 heavy (non-hydrogen) atoms. The number of aliphatic hydroxyl groups is 1. The van der Waals surface area contributed by atoms with Crippen LogP contribution in [0.5, 0.6) is 5.75 Å². The van der Waals surface area contributed by atoms with E-state index in [1.54, 1.807) is 19.2 Å². The zero-order chi connectivity index (χ0) is 29.1. The summed E-state index contributed by atoms with van der Waals surface area (Å²) in [5.74, 6) is -1.30. The number of carboxylic acid groups (broad SMARTS) is 1. The van der Waals surface area contributed by atoms with Crippen LogP contribution in [0.1, 0.15) is 25.0 Å². The number of hydrogen-bond donors (Lipinski definition) is 3. The summed E-state index contributed by atoms with van der Waals surface area (Å²) in [6, 6.07) is 22.1. The van der Waals surface area contributed by atoms with Gasteiger partial charge in [0.15, 0.2) is 6.10 Å². The lowest BCUT2D eigenvalue weighted by atomic mass is 10.0. The van der Waals surface area contributed by atoms with Crippen molar-refractivity contribution in [1.29, 1.82) is 0 Å². The van der Waals surface area contributed by atoms with Crippen LogP contribution in [0.3, 0.4) is 0 Å². The topological polar surface area (TPSA) is 125 Å². The molecule has 3 rings (SSSR count). The van der Waals surface area contributed by atoms with Crippen molar-refractivity contribution in [3.8, 4) is 16.9 Å². The highest BCUT2D eigenvalue weighted by atomic mass is 16.5. The van der Waals surface area contributed by atoms with E-state index >= 15 is 0 Å². The molecule has 0 aliphatic heterocycles. The summed E-state index contributed by atoms with van der Waals surface area (Å²) < 4.78 is 10.4. The van der Waals surface area contributed by atoms with Crippen molar-refractivity contribution < 1.29 is 34.1 Å². The van der Waals surface area contributed by atoms with Crippen LogP contribution < -0.4 is 10.1 Å². The summed E-state index contributed by atoms with van der Waals surface area (Å²) in [7, 11) is 1.60. The number of rotatable bonds is 13. The van der Waals surface area contributed by atoms with Gasteiger partial charge in [0.1, 0.15) is 18.4 Å². The minimum atomic E-state index is -1.58. The van der Waals surface area contributed by atoms with E-state index in [0.29, 0.717) is 0 Å². The second-order valence-corrected chi connectivity index (χ2v) is 9.88. The third-order valence-electron chi connectivity index (χ3n) is 6.17. The Balaban J connectivity index is 1.62. The molecule has 0 spiro atoms. The van der Waals surface area contributed by atoms with Crippen molar-refractivity contribution in [3.05, 3.63) is 90.0 Å². The van der Waals surface area contributed by atoms with E-state index in [0.717, 1.165) is 28.0 Å². The Hall–Kier alpha value is -4.37. The lowest BCUT2D eigenvalue weighted by Crippen LogP contribution is -2.52. The van der Waals surface area contributed by atoms with E-state index in [-0.39, 0.29) is 32.0 Å². The molecule has 3 aromatic rings. The monoisotopic (exact) mass is 548 g/mol. The SMILES string of the molecule is COc1ccc(-c2ccc(C[C@H](NC(=O)N(CC(C)C)C[C@H](O)C(=O)OCc3ccccc3)C(=O)O)cc2)cc1. The minimum absolute atomic E-state index is 0.00654. The molecule has 3 N–H and O–H groups in total. The van der Waals surface area contributed by atoms with Crippen molar-refractivity contribution in [2.24, 2.45) is 5.92 Å². The fourth-order valence-corrected chi connectivity index (χ4v) is 4.08. The fourth-order valence-electron chi connectivity index (χ4n) is 4.08. The number of urea groups is 1. The normalized spacial score (nSPS) is 12.3. The van der Waals surface area contributed by atoms with Crippen molar-refractivity contribution in [1.82, 2.24) is 10.2 Å². The number of hydrogen-bond acceptors (Lipinski definition) is 6. The maximum absolute atomic E-state index is 13.1. The van der Waals surface area contributed by atoms with E-state index in [4.69, 9.17) is 9.47 Å². The number of ether oxygens (including phenoxy) is 2. The molecule has 0 aliphatic rings. The van der Waals surface area contributed by atoms with Crippen molar-refractivity contribution >= 4 is 18.0 Å². The summed E-state index contributed by atoms with van der Waals surface area (Å²) in [5.41, 5.74) is 3.44. The molecular weight excluding hydrogens is 512 g/mol. The van der Waals surface area contributed by atoms with Gasteiger partial charge in [0.2, 0.25) is 0 Å². The van der Waals surface area contributed by atoms with Gasteiger partial charge in [-0.15, -0.1) is 0 Å². The molecule has 0 radical (unpaired) electrons. The number of nitrogens with one attached hydrogen (secondary N) is 1. The van der Waals surface area contributed by atoms with E-state index < -0.39 is 30.1 Å². The second-order valence-electron chi connectivity index (χ2n) is 9.88. The standard InChI is InChI=1S/C31H36N2O7/c1-21(2)18-33(19-28(34)30(37)40-20-23-7-5-4-6-8-23)31(38)32-27(29(35)36)17-22-9-11-24(12-10-22)25-13-15-26(39-3)16-14-25/h4-16,21,27-28,34H,17-20H2,1-3H3,(H,32,38)(H,35,36)/t27-,28-/m0/s1. The molecule has 0 aliphatic carbocycles. The molecule has 2 amide bonds. The van der Waals surface area contributed by atoms with Crippen molar-refractivity contribution in [2.45, 2.75) is 39.0 Å². The average molecular weight is 549 g/mol. The molecule has 0 heterocycles. The van der Waals surface area contributed by atoms with Gasteiger partial charge in [-0.2, -0.15) is 0 Å². The van der Waals surface area contributed by atoms with Gasteiger partial charge in [0, 0.05) is 13.0 Å². The fraction of sp³-hybridized carbons (Fsp3) is 0.323. The average Bonchev–Trinajstić information content (AvgIpc) is 2.95. The summed E-state index contributed by atoms with van der Waals surface area (Å²) >= 11 is 0. The maximum atomic E-state index is 13.1. The van der Waals surface area contributed by atoms with Gasteiger partial charge < -0.3 is 29.9 Å². The number of esters is 1. The van der Waals surface area contributed by atoms with Crippen LogP contribution in [0.15, 0.2) is 78.9 Å². The molecule has 0 aromatic heterocycles. The van der Waals surface area contributed by atoms with Crippen LogP contribution in [0, 0.1) is 5.92 Å². The molecule has 0 unspecified atom stereocenters. The highest BCUT2D eigenvalue weighted by Gasteiger charge is 2.28. The largest absolute Gasteiger partial charge is 0.497 e. The number of carbonyl (C=O) groups is 3. The number of aliphatic hydroxyl groups excluding tert-OH is 1. The zero-order valence-corrected chi connectivity index (χ0v) is 22.9. The summed E-state index contributed by atoms with van der Waals surface area (Å²) in [6.07, 6.45) is -1.52. The zero-order valence-electron chi connectivity index (χ0n) is 22.9. The number of carboxylic acids is 1. The lowest BCUT2D eigenvalue weighted by Gasteiger charge is -2.28. The Morgan fingerprint density at radius 3 is 2.00 bits per heavy atom. The number of amides is 2. The van der Waals surface area contributed by atoms with Gasteiger partial charge in [-0.05, 0) is 40.3 Å². The maximum Gasteiger partial charge on any atom is 0.337 e. The molecule has 0 saturated heterocycles. The Bertz CT molecular complexity index is 1240. The van der Waals surface area contributed by atoms with E-state index in [2.05, 4.69) is 5.32 Å². The van der Waals surface area contributed by atoms with Gasteiger partial charge in [-0.3, -0.25) is 0 Å². The Morgan fingerprint density at radius 1 is 0.850 bits per heavy atom. The van der Waals surface area contributed by atoms with Crippen LogP contribution in [-0.4, -0.2) is 65.4 Å². The molecule has 9 heteroatoms. The van der Waals surface area contributed by atoms with Crippen LogP contribution in [-0.2, 0) is 27.4 Å². The summed E-state index contributed by atoms with van der Waals surface area (Å²) in [6.45, 7) is 3.61. The predicted molar refractivity (Wildman–Crippen MR) is 151 cm³/mol. The number of carbonyl (C=O) groups excluding carboxylic acids is 2. The van der Waals surface area contributed by atoms with Crippen LogP contribution in [0.2, 0.25) is 0 Å². The first-order valence-corrected chi connectivity index (χ1v) is 13.1. The summed E-state index contributed by atoms with van der Waals surface area (Å²) in [4.78, 5) is 38.7. The van der Waals surface area contributed by atoms with Gasteiger partial charge in [-0.25, -0.2) is 14.4 Å². The van der Waals surface area contributed by atoms with Crippen LogP contribution in [0.4, 0.5) is 4.79 Å². The van der Waals surface area contributed by atoms with Crippen LogP contribution >= 0.6 is 0 Å². The molecule has 212 valence electrons. The lowest BCUT2D eigenvalue weighted by molar-refractivity contribution is -0.155. The first-order chi connectivity index (χ1) is 19.2. The van der Waals surface area contributed by atoms with E-state index in [9.17, 15) is 24.6 Å². The van der Waals surface area contributed by atoms with Crippen molar-refractivity contribution in [3.63, 3.8) is 0 Å². The number of benzene rings is 3. The van der Waals surface area contributed by atoms with Gasteiger partial charge in [0.05, 0.1) is 13.7 Å². The Morgan fingerprint density at radius 2 is 1.45 bits per heavy atom.